The van der Waals surface area contributed by atoms with Crippen molar-refractivity contribution >= 4 is 29.9 Å². The van der Waals surface area contributed by atoms with Crippen molar-refractivity contribution in [3.63, 3.8) is 0 Å². The number of aliphatic imine (C=N–C) groups is 1. The Balaban J connectivity index is 0.00000196. The van der Waals surface area contributed by atoms with Crippen LogP contribution in [0.3, 0.4) is 0 Å². The Labute approximate surface area is 171 Å². The van der Waals surface area contributed by atoms with Crippen LogP contribution in [0.2, 0.25) is 0 Å². The first-order valence-corrected chi connectivity index (χ1v) is 9.30. The lowest BCUT2D eigenvalue weighted by Gasteiger charge is -2.36. The summed E-state index contributed by atoms with van der Waals surface area (Å²) in [6, 6.07) is 6.72. The maximum atomic E-state index is 6.16. The molecule has 4 rings (SSSR count). The molecule has 0 amide bonds. The van der Waals surface area contributed by atoms with Crippen molar-refractivity contribution in [3.05, 3.63) is 23.8 Å². The highest BCUT2D eigenvalue weighted by atomic mass is 127. The van der Waals surface area contributed by atoms with E-state index in [1.165, 1.54) is 31.2 Å². The predicted octanol–water partition coefficient (Wildman–Crippen LogP) is 2.93. The van der Waals surface area contributed by atoms with Crippen molar-refractivity contribution in [2.24, 2.45) is 10.7 Å². The van der Waals surface area contributed by atoms with Crippen molar-refractivity contribution in [2.75, 3.05) is 26.6 Å². The number of guanidine groups is 1. The molecule has 3 aliphatic rings. The summed E-state index contributed by atoms with van der Waals surface area (Å²) in [7, 11) is 0. The Morgan fingerprint density at radius 2 is 1.88 bits per heavy atom. The molecule has 1 saturated carbocycles. The minimum atomic E-state index is -0.0544. The number of nitrogens with one attached hydrogen (secondary N) is 1. The highest BCUT2D eigenvalue weighted by Gasteiger charge is 2.35. The zero-order valence-electron chi connectivity index (χ0n) is 15.0. The molecule has 2 aliphatic heterocycles. The van der Waals surface area contributed by atoms with Crippen LogP contribution in [0, 0.1) is 0 Å². The number of hydrogen-bond acceptors (Lipinski definition) is 4. The molecule has 0 atom stereocenters. The van der Waals surface area contributed by atoms with Gasteiger partial charge in [-0.25, -0.2) is 0 Å². The summed E-state index contributed by atoms with van der Waals surface area (Å²) in [6.45, 7) is 2.46. The van der Waals surface area contributed by atoms with E-state index in [1.807, 2.05) is 6.07 Å². The molecular weight excluding hydrogens is 445 g/mol. The van der Waals surface area contributed by atoms with Gasteiger partial charge in [-0.1, -0.05) is 18.9 Å². The molecule has 3 N–H and O–H groups in total. The summed E-state index contributed by atoms with van der Waals surface area (Å²) in [6.07, 6.45) is 6.82. The molecule has 7 heteroatoms. The van der Waals surface area contributed by atoms with Gasteiger partial charge >= 0.3 is 0 Å². The molecule has 0 unspecified atom stereocenters. The normalized spacial score (nSPS) is 22.1. The van der Waals surface area contributed by atoms with Gasteiger partial charge < -0.3 is 25.3 Å². The predicted molar refractivity (Wildman–Crippen MR) is 112 cm³/mol. The molecule has 144 valence electrons. The van der Waals surface area contributed by atoms with Gasteiger partial charge in [0.05, 0.1) is 6.54 Å². The molecule has 6 nitrogen and oxygen atoms in total. The van der Waals surface area contributed by atoms with Crippen LogP contribution < -0.4 is 20.5 Å². The van der Waals surface area contributed by atoms with E-state index >= 15 is 0 Å². The zero-order valence-corrected chi connectivity index (χ0v) is 17.4. The Morgan fingerprint density at radius 3 is 2.65 bits per heavy atom. The van der Waals surface area contributed by atoms with Crippen LogP contribution in [-0.2, 0) is 10.2 Å². The standard InChI is InChI=1S/C19H27N3O3.HI/c20-18(22-15-3-1-2-4-15)21-12-19(7-9-23-10-8-19)14-5-6-16-17(11-14)25-13-24-16;/h5-6,11,15H,1-4,7-10,12-13H2,(H3,20,21,22);1H. The largest absolute Gasteiger partial charge is 0.454 e. The van der Waals surface area contributed by atoms with Gasteiger partial charge in [-0.05, 0) is 43.4 Å². The number of nitrogens with zero attached hydrogens (tertiary/aromatic N) is 1. The highest BCUT2D eigenvalue weighted by Crippen LogP contribution is 2.41. The molecule has 1 aromatic carbocycles. The van der Waals surface area contributed by atoms with E-state index in [4.69, 9.17) is 24.9 Å². The summed E-state index contributed by atoms with van der Waals surface area (Å²) in [5.41, 5.74) is 7.34. The van der Waals surface area contributed by atoms with Crippen molar-refractivity contribution in [1.29, 1.82) is 0 Å². The van der Waals surface area contributed by atoms with Gasteiger partial charge in [-0.3, -0.25) is 4.99 Å². The lowest BCUT2D eigenvalue weighted by Crippen LogP contribution is -2.41. The Hall–Kier alpha value is -1.22. The second-order valence-electron chi connectivity index (χ2n) is 7.29. The lowest BCUT2D eigenvalue weighted by atomic mass is 9.74. The Bertz CT molecular complexity index is 641. The minimum absolute atomic E-state index is 0. The van der Waals surface area contributed by atoms with Crippen LogP contribution in [0.15, 0.2) is 23.2 Å². The monoisotopic (exact) mass is 473 g/mol. The van der Waals surface area contributed by atoms with E-state index in [-0.39, 0.29) is 29.4 Å². The summed E-state index contributed by atoms with van der Waals surface area (Å²) >= 11 is 0. The molecule has 0 aromatic heterocycles. The third-order valence-corrected chi connectivity index (χ3v) is 5.69. The van der Waals surface area contributed by atoms with Gasteiger partial charge in [-0.2, -0.15) is 0 Å². The van der Waals surface area contributed by atoms with Crippen LogP contribution in [-0.4, -0.2) is 38.6 Å². The number of fused-ring (bicyclic) bond motifs is 1. The van der Waals surface area contributed by atoms with Gasteiger partial charge in [-0.15, -0.1) is 24.0 Å². The third kappa shape index (κ3) is 4.19. The van der Waals surface area contributed by atoms with Crippen molar-refractivity contribution in [2.45, 2.75) is 50.0 Å². The van der Waals surface area contributed by atoms with E-state index in [2.05, 4.69) is 17.4 Å². The summed E-state index contributed by atoms with van der Waals surface area (Å²) < 4.78 is 16.6. The van der Waals surface area contributed by atoms with E-state index in [0.717, 1.165) is 37.6 Å². The van der Waals surface area contributed by atoms with Gasteiger partial charge in [0.25, 0.3) is 0 Å². The van der Waals surface area contributed by atoms with Crippen molar-refractivity contribution in [1.82, 2.24) is 5.32 Å². The number of rotatable bonds is 4. The van der Waals surface area contributed by atoms with E-state index < -0.39 is 0 Å². The van der Waals surface area contributed by atoms with Gasteiger partial charge in [0.1, 0.15) is 0 Å². The molecule has 1 aliphatic carbocycles. The molecule has 2 heterocycles. The molecule has 1 aromatic rings. The smallest absolute Gasteiger partial charge is 0.231 e. The second kappa shape index (κ2) is 8.65. The Morgan fingerprint density at radius 1 is 1.15 bits per heavy atom. The topological polar surface area (TPSA) is 78.1 Å². The fraction of sp³-hybridized carbons (Fsp3) is 0.632. The Kier molecular flexibility index (Phi) is 6.50. The lowest BCUT2D eigenvalue weighted by molar-refractivity contribution is 0.0530. The van der Waals surface area contributed by atoms with Crippen LogP contribution in [0.4, 0.5) is 0 Å². The van der Waals surface area contributed by atoms with Gasteiger partial charge in [0.2, 0.25) is 6.79 Å². The number of halogens is 1. The van der Waals surface area contributed by atoms with Crippen LogP contribution in [0.25, 0.3) is 0 Å². The van der Waals surface area contributed by atoms with E-state index in [0.29, 0.717) is 25.3 Å². The number of hydrogen-bond donors (Lipinski definition) is 2. The number of nitrogens with two attached hydrogens (primary N) is 1. The highest BCUT2D eigenvalue weighted by molar-refractivity contribution is 14.0. The first kappa shape index (κ1) is 19.5. The fourth-order valence-corrected chi connectivity index (χ4v) is 4.09. The van der Waals surface area contributed by atoms with Crippen LogP contribution in [0.5, 0.6) is 11.5 Å². The average Bonchev–Trinajstić information content (AvgIpc) is 3.31. The van der Waals surface area contributed by atoms with Gasteiger partial charge in [0.15, 0.2) is 17.5 Å². The second-order valence-corrected chi connectivity index (χ2v) is 7.29. The number of benzene rings is 1. The van der Waals surface area contributed by atoms with Crippen LogP contribution in [0.1, 0.15) is 44.1 Å². The first-order valence-electron chi connectivity index (χ1n) is 9.30. The maximum absolute atomic E-state index is 6.16. The van der Waals surface area contributed by atoms with Gasteiger partial charge in [0, 0.05) is 24.7 Å². The quantitative estimate of drug-likeness (QED) is 0.400. The summed E-state index contributed by atoms with van der Waals surface area (Å²) in [4.78, 5) is 4.71. The van der Waals surface area contributed by atoms with E-state index in [1.54, 1.807) is 0 Å². The number of ether oxygens (including phenoxy) is 3. The maximum Gasteiger partial charge on any atom is 0.231 e. The molecule has 0 radical (unpaired) electrons. The minimum Gasteiger partial charge on any atom is -0.454 e. The SMILES string of the molecule is I.NC(=NCC1(c2ccc3c(c2)OCO3)CCOCC1)NC1CCCC1. The molecule has 0 bridgehead atoms. The molecule has 26 heavy (non-hydrogen) atoms. The third-order valence-electron chi connectivity index (χ3n) is 5.69. The fourth-order valence-electron chi connectivity index (χ4n) is 4.09. The van der Waals surface area contributed by atoms with E-state index in [9.17, 15) is 0 Å². The molecular formula is C19H28IN3O3. The van der Waals surface area contributed by atoms with Crippen LogP contribution >= 0.6 is 24.0 Å². The molecule has 1 saturated heterocycles. The van der Waals surface area contributed by atoms with Crippen molar-refractivity contribution < 1.29 is 14.2 Å². The summed E-state index contributed by atoms with van der Waals surface area (Å²) in [5.74, 6) is 2.21. The first-order chi connectivity index (χ1) is 12.3. The zero-order chi connectivity index (χ0) is 17.1. The van der Waals surface area contributed by atoms with Crippen molar-refractivity contribution in [3.8, 4) is 11.5 Å². The average molecular weight is 473 g/mol. The molecule has 0 spiro atoms. The molecule has 2 fully saturated rings. The summed E-state index contributed by atoms with van der Waals surface area (Å²) in [5, 5.41) is 3.38.